The first-order valence-electron chi connectivity index (χ1n) is 8.24. The van der Waals surface area contributed by atoms with E-state index in [0.29, 0.717) is 47.1 Å². The highest BCUT2D eigenvalue weighted by Gasteiger charge is 2.16. The second-order valence-corrected chi connectivity index (χ2v) is 6.71. The summed E-state index contributed by atoms with van der Waals surface area (Å²) in [6.07, 6.45) is 0.973. The normalized spacial score (nSPS) is 13.0. The van der Waals surface area contributed by atoms with Gasteiger partial charge in [0.1, 0.15) is 5.75 Å². The Balaban J connectivity index is 1.66. The minimum absolute atomic E-state index is 0.145. The van der Waals surface area contributed by atoms with Crippen molar-refractivity contribution >= 4 is 29.1 Å². The van der Waals surface area contributed by atoms with Gasteiger partial charge in [-0.1, -0.05) is 23.2 Å². The van der Waals surface area contributed by atoms with Gasteiger partial charge in [0.15, 0.2) is 11.5 Å². The SMILES string of the molecule is COc1ccc(Cl)cc1CC(=O)NCc1cc(Cl)c2c(c1)OCCCO2. The van der Waals surface area contributed by atoms with Gasteiger partial charge in [-0.2, -0.15) is 0 Å². The Morgan fingerprint density at radius 3 is 2.81 bits per heavy atom. The monoisotopic (exact) mass is 395 g/mol. The maximum Gasteiger partial charge on any atom is 0.224 e. The van der Waals surface area contributed by atoms with E-state index in [2.05, 4.69) is 5.32 Å². The fourth-order valence-corrected chi connectivity index (χ4v) is 3.19. The van der Waals surface area contributed by atoms with Crippen LogP contribution in [-0.4, -0.2) is 26.2 Å². The minimum atomic E-state index is -0.145. The third-order valence-electron chi connectivity index (χ3n) is 3.95. The van der Waals surface area contributed by atoms with Crippen molar-refractivity contribution in [1.82, 2.24) is 5.32 Å². The van der Waals surface area contributed by atoms with Gasteiger partial charge in [-0.05, 0) is 35.9 Å². The Morgan fingerprint density at radius 2 is 2.00 bits per heavy atom. The predicted molar refractivity (Wildman–Crippen MR) is 101 cm³/mol. The number of fused-ring (bicyclic) bond motifs is 1. The molecule has 2 aromatic rings. The Kier molecular flexibility index (Phi) is 6.12. The van der Waals surface area contributed by atoms with Crippen LogP contribution < -0.4 is 19.5 Å². The first kappa shape index (κ1) is 18.7. The first-order valence-corrected chi connectivity index (χ1v) is 8.99. The summed E-state index contributed by atoms with van der Waals surface area (Å²) in [7, 11) is 1.56. The largest absolute Gasteiger partial charge is 0.496 e. The highest BCUT2D eigenvalue weighted by atomic mass is 35.5. The lowest BCUT2D eigenvalue weighted by atomic mass is 10.1. The van der Waals surface area contributed by atoms with Crippen molar-refractivity contribution in [3.05, 3.63) is 51.5 Å². The maximum absolute atomic E-state index is 12.3. The highest BCUT2D eigenvalue weighted by molar-refractivity contribution is 6.32. The van der Waals surface area contributed by atoms with E-state index < -0.39 is 0 Å². The molecule has 0 spiro atoms. The van der Waals surface area contributed by atoms with Crippen LogP contribution in [0.1, 0.15) is 17.5 Å². The fourth-order valence-electron chi connectivity index (χ4n) is 2.71. The third-order valence-corrected chi connectivity index (χ3v) is 4.46. The predicted octanol–water partition coefficient (Wildman–Crippen LogP) is 4.02. The molecule has 0 radical (unpaired) electrons. The average Bonchev–Trinajstić information content (AvgIpc) is 2.86. The molecule has 7 heteroatoms. The molecule has 1 aliphatic rings. The van der Waals surface area contributed by atoms with Crippen molar-refractivity contribution in [2.75, 3.05) is 20.3 Å². The Bertz CT molecular complexity index is 810. The molecule has 138 valence electrons. The molecular formula is C19H19Cl2NO4. The van der Waals surface area contributed by atoms with E-state index in [1.54, 1.807) is 31.4 Å². The summed E-state index contributed by atoms with van der Waals surface area (Å²) in [5, 5.41) is 3.91. The van der Waals surface area contributed by atoms with Crippen LogP contribution >= 0.6 is 23.2 Å². The van der Waals surface area contributed by atoms with Crippen molar-refractivity contribution in [2.45, 2.75) is 19.4 Å². The molecule has 0 saturated carbocycles. The number of nitrogens with one attached hydrogen (secondary N) is 1. The van der Waals surface area contributed by atoms with E-state index in [-0.39, 0.29) is 12.3 Å². The van der Waals surface area contributed by atoms with Gasteiger partial charge >= 0.3 is 0 Å². The Labute approximate surface area is 162 Å². The Morgan fingerprint density at radius 1 is 1.19 bits per heavy atom. The van der Waals surface area contributed by atoms with Gasteiger partial charge < -0.3 is 19.5 Å². The lowest BCUT2D eigenvalue weighted by Gasteiger charge is -2.13. The first-order chi connectivity index (χ1) is 12.6. The quantitative estimate of drug-likeness (QED) is 0.830. The molecule has 0 aliphatic carbocycles. The van der Waals surface area contributed by atoms with E-state index >= 15 is 0 Å². The molecule has 3 rings (SSSR count). The minimum Gasteiger partial charge on any atom is -0.496 e. The van der Waals surface area contributed by atoms with E-state index in [4.69, 9.17) is 37.4 Å². The zero-order valence-corrected chi connectivity index (χ0v) is 15.8. The van der Waals surface area contributed by atoms with Crippen molar-refractivity contribution < 1.29 is 19.0 Å². The smallest absolute Gasteiger partial charge is 0.224 e. The van der Waals surface area contributed by atoms with Crippen molar-refractivity contribution in [3.63, 3.8) is 0 Å². The molecule has 1 heterocycles. The molecule has 1 aliphatic heterocycles. The van der Waals surface area contributed by atoms with Crippen molar-refractivity contribution in [1.29, 1.82) is 0 Å². The summed E-state index contributed by atoms with van der Waals surface area (Å²) in [6.45, 7) is 1.48. The summed E-state index contributed by atoms with van der Waals surface area (Å²) in [5.41, 5.74) is 1.57. The van der Waals surface area contributed by atoms with Crippen molar-refractivity contribution in [3.8, 4) is 17.2 Å². The van der Waals surface area contributed by atoms with Gasteiger partial charge in [-0.15, -0.1) is 0 Å². The molecule has 0 unspecified atom stereocenters. The van der Waals surface area contributed by atoms with Crippen LogP contribution in [0.4, 0.5) is 0 Å². The molecule has 0 aromatic heterocycles. The second kappa shape index (κ2) is 8.52. The molecule has 1 N–H and O–H groups in total. The van der Waals surface area contributed by atoms with Gasteiger partial charge in [0.05, 0.1) is 31.8 Å². The summed E-state index contributed by atoms with van der Waals surface area (Å²) < 4.78 is 16.5. The van der Waals surface area contributed by atoms with Gasteiger partial charge in [0.2, 0.25) is 5.91 Å². The van der Waals surface area contributed by atoms with Crippen LogP contribution in [0.3, 0.4) is 0 Å². The Hall–Kier alpha value is -2.11. The standard InChI is InChI=1S/C19H19Cl2NO4/c1-24-16-4-3-14(20)9-13(16)10-18(23)22-11-12-7-15(21)19-17(8-12)25-5-2-6-26-19/h3-4,7-9H,2,5-6,10-11H2,1H3,(H,22,23). The molecule has 0 atom stereocenters. The topological polar surface area (TPSA) is 56.8 Å². The van der Waals surface area contributed by atoms with E-state index in [0.717, 1.165) is 17.5 Å². The zero-order chi connectivity index (χ0) is 18.5. The maximum atomic E-state index is 12.3. The van der Waals surface area contributed by atoms with Gasteiger partial charge in [-0.25, -0.2) is 0 Å². The molecule has 5 nitrogen and oxygen atoms in total. The number of ether oxygens (including phenoxy) is 3. The van der Waals surface area contributed by atoms with E-state index in [1.165, 1.54) is 0 Å². The number of carbonyl (C=O) groups is 1. The lowest BCUT2D eigenvalue weighted by Crippen LogP contribution is -2.24. The van der Waals surface area contributed by atoms with Crippen LogP contribution in [-0.2, 0) is 17.8 Å². The lowest BCUT2D eigenvalue weighted by molar-refractivity contribution is -0.120. The van der Waals surface area contributed by atoms with E-state index in [9.17, 15) is 4.79 Å². The van der Waals surface area contributed by atoms with Crippen LogP contribution in [0.5, 0.6) is 17.2 Å². The highest BCUT2D eigenvalue weighted by Crippen LogP contribution is 2.38. The number of benzene rings is 2. The summed E-state index contributed by atoms with van der Waals surface area (Å²) in [6, 6.07) is 8.81. The van der Waals surface area contributed by atoms with Crippen molar-refractivity contribution in [2.24, 2.45) is 0 Å². The fraction of sp³-hybridized carbons (Fsp3) is 0.316. The summed E-state index contributed by atoms with van der Waals surface area (Å²) in [4.78, 5) is 12.3. The number of hydrogen-bond donors (Lipinski definition) is 1. The molecular weight excluding hydrogens is 377 g/mol. The van der Waals surface area contributed by atoms with Gasteiger partial charge in [-0.3, -0.25) is 4.79 Å². The molecule has 0 bridgehead atoms. The van der Waals surface area contributed by atoms with Crippen LogP contribution in [0.15, 0.2) is 30.3 Å². The number of amides is 1. The molecule has 2 aromatic carbocycles. The number of carbonyl (C=O) groups excluding carboxylic acids is 1. The van der Waals surface area contributed by atoms with Crippen LogP contribution in [0.2, 0.25) is 10.0 Å². The molecule has 0 fully saturated rings. The van der Waals surface area contributed by atoms with Gasteiger partial charge in [0.25, 0.3) is 0 Å². The third kappa shape index (κ3) is 4.54. The van der Waals surface area contributed by atoms with E-state index in [1.807, 2.05) is 6.07 Å². The second-order valence-electron chi connectivity index (χ2n) is 5.87. The van der Waals surface area contributed by atoms with Gasteiger partial charge in [0, 0.05) is 23.6 Å². The average molecular weight is 396 g/mol. The number of rotatable bonds is 5. The molecule has 26 heavy (non-hydrogen) atoms. The van der Waals surface area contributed by atoms with Crippen LogP contribution in [0, 0.1) is 0 Å². The molecule has 1 amide bonds. The number of methoxy groups -OCH3 is 1. The number of hydrogen-bond acceptors (Lipinski definition) is 4. The zero-order valence-electron chi connectivity index (χ0n) is 14.3. The van der Waals surface area contributed by atoms with Crippen LogP contribution in [0.25, 0.3) is 0 Å². The number of halogens is 2. The molecule has 0 saturated heterocycles. The summed E-state index contributed by atoms with van der Waals surface area (Å²) >= 11 is 12.3. The summed E-state index contributed by atoms with van der Waals surface area (Å²) in [5.74, 6) is 1.65.